The summed E-state index contributed by atoms with van der Waals surface area (Å²) in [6, 6.07) is -0.128. The Labute approximate surface area is 96.1 Å². The van der Waals surface area contributed by atoms with Crippen LogP contribution in [0, 0.1) is 6.92 Å². The van der Waals surface area contributed by atoms with Gasteiger partial charge in [-0.1, -0.05) is 0 Å². The molecular formula is C9H11N5OS. The van der Waals surface area contributed by atoms with Crippen molar-refractivity contribution in [1.29, 1.82) is 0 Å². The minimum Gasteiger partial charge on any atom is -0.340 e. The van der Waals surface area contributed by atoms with E-state index >= 15 is 0 Å². The molecule has 0 aliphatic carbocycles. The van der Waals surface area contributed by atoms with Gasteiger partial charge in [-0.3, -0.25) is 9.89 Å². The van der Waals surface area contributed by atoms with Gasteiger partial charge in [-0.2, -0.15) is 5.10 Å². The number of hydrogen-bond donors (Lipinski definition) is 2. The number of hydrogen-bond acceptors (Lipinski definition) is 5. The molecule has 2 rings (SSSR count). The van der Waals surface area contributed by atoms with Crippen molar-refractivity contribution in [2.45, 2.75) is 19.9 Å². The number of carbonyl (C=O) groups is 1. The molecule has 2 aromatic rings. The van der Waals surface area contributed by atoms with Crippen molar-refractivity contribution in [1.82, 2.24) is 25.5 Å². The number of nitrogens with one attached hydrogen (secondary N) is 2. The van der Waals surface area contributed by atoms with Crippen molar-refractivity contribution in [2.24, 2.45) is 0 Å². The van der Waals surface area contributed by atoms with Gasteiger partial charge in [-0.05, 0) is 13.8 Å². The Hall–Kier alpha value is -1.76. The molecule has 0 bridgehead atoms. The van der Waals surface area contributed by atoms with Crippen LogP contribution in [-0.4, -0.2) is 26.1 Å². The number of aryl methyl sites for hydroxylation is 1. The Morgan fingerprint density at radius 3 is 3.00 bits per heavy atom. The lowest BCUT2D eigenvalue weighted by Gasteiger charge is -2.09. The first kappa shape index (κ1) is 10.7. The maximum atomic E-state index is 11.6. The van der Waals surface area contributed by atoms with E-state index in [1.54, 1.807) is 0 Å². The molecule has 0 fully saturated rings. The fourth-order valence-corrected chi connectivity index (χ4v) is 2.02. The van der Waals surface area contributed by atoms with Crippen molar-refractivity contribution in [3.63, 3.8) is 0 Å². The Bertz CT molecular complexity index is 478. The summed E-state index contributed by atoms with van der Waals surface area (Å²) in [7, 11) is 0. The van der Waals surface area contributed by atoms with E-state index in [0.717, 1.165) is 10.7 Å². The first-order valence-electron chi connectivity index (χ1n) is 4.75. The molecule has 1 atom stereocenters. The lowest BCUT2D eigenvalue weighted by Crippen LogP contribution is -2.27. The predicted octanol–water partition coefficient (Wildman–Crippen LogP) is 1.06. The van der Waals surface area contributed by atoms with Gasteiger partial charge in [0.2, 0.25) is 5.82 Å². The van der Waals surface area contributed by atoms with Crippen LogP contribution in [0.2, 0.25) is 0 Å². The molecule has 0 spiro atoms. The van der Waals surface area contributed by atoms with Crippen LogP contribution >= 0.6 is 11.3 Å². The minimum absolute atomic E-state index is 0.128. The van der Waals surface area contributed by atoms with Gasteiger partial charge in [-0.15, -0.1) is 11.3 Å². The van der Waals surface area contributed by atoms with E-state index < -0.39 is 0 Å². The molecule has 2 N–H and O–H groups in total. The summed E-state index contributed by atoms with van der Waals surface area (Å²) in [6.45, 7) is 3.80. The number of thiazole rings is 1. The maximum absolute atomic E-state index is 11.6. The van der Waals surface area contributed by atoms with E-state index in [1.165, 1.54) is 17.7 Å². The molecule has 0 saturated heterocycles. The normalized spacial score (nSPS) is 12.4. The highest BCUT2D eigenvalue weighted by atomic mass is 32.1. The Morgan fingerprint density at radius 1 is 1.62 bits per heavy atom. The van der Waals surface area contributed by atoms with Crippen LogP contribution in [0.4, 0.5) is 0 Å². The largest absolute Gasteiger partial charge is 0.340 e. The lowest BCUT2D eigenvalue weighted by atomic mass is 10.3. The molecule has 2 heterocycles. The Balaban J connectivity index is 2.03. The fourth-order valence-electron chi connectivity index (χ4n) is 1.21. The van der Waals surface area contributed by atoms with Crippen LogP contribution in [0.15, 0.2) is 11.7 Å². The summed E-state index contributed by atoms with van der Waals surface area (Å²) < 4.78 is 0. The second-order valence-corrected chi connectivity index (χ2v) is 4.25. The number of aromatic amines is 1. The van der Waals surface area contributed by atoms with E-state index in [2.05, 4.69) is 25.5 Å². The van der Waals surface area contributed by atoms with Gasteiger partial charge in [0.05, 0.1) is 6.04 Å². The van der Waals surface area contributed by atoms with Gasteiger partial charge in [0.1, 0.15) is 11.3 Å². The summed E-state index contributed by atoms with van der Waals surface area (Å²) in [6.07, 6.45) is 1.30. The van der Waals surface area contributed by atoms with Crippen molar-refractivity contribution in [2.75, 3.05) is 0 Å². The quantitative estimate of drug-likeness (QED) is 0.836. The highest BCUT2D eigenvalue weighted by Crippen LogP contribution is 2.17. The molecular weight excluding hydrogens is 226 g/mol. The molecule has 7 heteroatoms. The highest BCUT2D eigenvalue weighted by Gasteiger charge is 2.15. The molecule has 0 aliphatic rings. The predicted molar refractivity (Wildman–Crippen MR) is 59.1 cm³/mol. The smallest absolute Gasteiger partial charge is 0.289 e. The molecule has 0 aromatic carbocycles. The van der Waals surface area contributed by atoms with E-state index in [0.29, 0.717) is 0 Å². The number of H-pyrrole nitrogens is 1. The van der Waals surface area contributed by atoms with Crippen molar-refractivity contribution in [3.05, 3.63) is 28.2 Å². The van der Waals surface area contributed by atoms with E-state index in [4.69, 9.17) is 0 Å². The summed E-state index contributed by atoms with van der Waals surface area (Å²) >= 11 is 1.52. The molecule has 16 heavy (non-hydrogen) atoms. The van der Waals surface area contributed by atoms with Crippen LogP contribution in [0.25, 0.3) is 0 Å². The molecule has 0 saturated carbocycles. The first-order valence-corrected chi connectivity index (χ1v) is 5.63. The molecule has 1 amide bonds. The third-order valence-corrected chi connectivity index (χ3v) is 3.13. The second-order valence-electron chi connectivity index (χ2n) is 3.36. The van der Waals surface area contributed by atoms with Crippen molar-refractivity contribution in [3.8, 4) is 0 Å². The fraction of sp³-hybridized carbons (Fsp3) is 0.333. The molecule has 6 nitrogen and oxygen atoms in total. The summed E-state index contributed by atoms with van der Waals surface area (Å²) in [5.41, 5.74) is 0.959. The Morgan fingerprint density at radius 2 is 2.44 bits per heavy atom. The third-order valence-electron chi connectivity index (χ3n) is 1.98. The number of carbonyl (C=O) groups excluding carboxylic acids is 1. The number of amides is 1. The van der Waals surface area contributed by atoms with Gasteiger partial charge in [0.25, 0.3) is 5.91 Å². The summed E-state index contributed by atoms with van der Waals surface area (Å²) in [5.74, 6) is -0.0713. The van der Waals surface area contributed by atoms with Crippen LogP contribution in [-0.2, 0) is 0 Å². The van der Waals surface area contributed by atoms with Crippen LogP contribution < -0.4 is 5.32 Å². The van der Waals surface area contributed by atoms with Crippen molar-refractivity contribution < 1.29 is 4.79 Å². The van der Waals surface area contributed by atoms with E-state index in [9.17, 15) is 4.79 Å². The minimum atomic E-state index is -0.280. The van der Waals surface area contributed by atoms with Gasteiger partial charge < -0.3 is 5.32 Å². The van der Waals surface area contributed by atoms with Crippen LogP contribution in [0.1, 0.15) is 34.3 Å². The molecule has 0 aliphatic heterocycles. The average molecular weight is 237 g/mol. The van der Waals surface area contributed by atoms with Gasteiger partial charge in [-0.25, -0.2) is 9.97 Å². The SMILES string of the molecule is Cc1csc([C@H](C)NC(=O)c2ncn[nH]2)n1. The van der Waals surface area contributed by atoms with Gasteiger partial charge >= 0.3 is 0 Å². The standard InChI is InChI=1S/C9H11N5OS/c1-5-3-16-9(12-5)6(2)13-8(15)7-10-4-11-14-7/h3-4,6H,1-2H3,(H,13,15)(H,10,11,14)/t6-/m0/s1. The zero-order valence-electron chi connectivity index (χ0n) is 8.89. The second kappa shape index (κ2) is 4.40. The van der Waals surface area contributed by atoms with Crippen LogP contribution in [0.5, 0.6) is 0 Å². The monoisotopic (exact) mass is 237 g/mol. The first-order chi connectivity index (χ1) is 7.66. The number of nitrogens with zero attached hydrogens (tertiary/aromatic N) is 3. The molecule has 0 unspecified atom stereocenters. The van der Waals surface area contributed by atoms with E-state index in [-0.39, 0.29) is 17.8 Å². The average Bonchev–Trinajstić information content (AvgIpc) is 2.87. The topological polar surface area (TPSA) is 83.6 Å². The lowest BCUT2D eigenvalue weighted by molar-refractivity contribution is 0.0929. The van der Waals surface area contributed by atoms with Crippen LogP contribution in [0.3, 0.4) is 0 Å². The zero-order chi connectivity index (χ0) is 11.5. The zero-order valence-corrected chi connectivity index (χ0v) is 9.71. The van der Waals surface area contributed by atoms with E-state index in [1.807, 2.05) is 19.2 Å². The number of aromatic nitrogens is 4. The number of rotatable bonds is 3. The molecule has 2 aromatic heterocycles. The summed E-state index contributed by atoms with van der Waals surface area (Å²) in [4.78, 5) is 19.7. The summed E-state index contributed by atoms with van der Waals surface area (Å²) in [5, 5.41) is 11.7. The molecule has 84 valence electrons. The Kier molecular flexibility index (Phi) is 2.95. The van der Waals surface area contributed by atoms with Crippen molar-refractivity contribution >= 4 is 17.2 Å². The van der Waals surface area contributed by atoms with Gasteiger partial charge in [0.15, 0.2) is 0 Å². The highest BCUT2D eigenvalue weighted by molar-refractivity contribution is 7.09. The molecule has 0 radical (unpaired) electrons. The third kappa shape index (κ3) is 2.25. The van der Waals surface area contributed by atoms with Gasteiger partial charge in [0, 0.05) is 11.1 Å². The maximum Gasteiger partial charge on any atom is 0.289 e.